The Morgan fingerprint density at radius 1 is 0.955 bits per heavy atom. The van der Waals surface area contributed by atoms with Crippen molar-refractivity contribution in [1.29, 1.82) is 0 Å². The van der Waals surface area contributed by atoms with Gasteiger partial charge in [0, 0.05) is 16.0 Å². The molecule has 0 aliphatic rings. The second kappa shape index (κ2) is 12.8. The van der Waals surface area contributed by atoms with Crippen molar-refractivity contribution in [3.8, 4) is 22.6 Å². The van der Waals surface area contributed by atoms with Gasteiger partial charge in [-0.15, -0.1) is 0 Å². The van der Waals surface area contributed by atoms with E-state index in [2.05, 4.69) is 15.5 Å². The molecule has 4 aromatic carbocycles. The molecule has 224 valence electrons. The molecular weight excluding hydrogens is 618 g/mol. The number of hydrogen-bond donors (Lipinski definition) is 2. The molecule has 0 saturated heterocycles. The molecular formula is C32H22Cl2F3N3O4. The van der Waals surface area contributed by atoms with Crippen LogP contribution in [-0.4, -0.2) is 29.7 Å². The first-order valence-electron chi connectivity index (χ1n) is 13.1. The van der Waals surface area contributed by atoms with Crippen LogP contribution in [0.15, 0.2) is 90.0 Å². The zero-order chi connectivity index (χ0) is 31.4. The van der Waals surface area contributed by atoms with Crippen molar-refractivity contribution < 1.29 is 32.2 Å². The molecule has 0 fully saturated rings. The summed E-state index contributed by atoms with van der Waals surface area (Å²) in [7, 11) is 0. The number of carbonyl (C=O) groups excluding carboxylic acids is 2. The second-order valence-electron chi connectivity index (χ2n) is 9.32. The standard InChI is InChI=1S/C32H22Cl2F3N3O4/c1-2-43-26-15-18(11-14-25(26)44-31(42)21-13-12-20(33)16-24(21)34)17-38-40-30(41)29-27(19-7-4-3-5-8-19)22-9-6-10-23(28(22)39-29)32(35,36)37/h3-17,39H,2H2,1H3,(H,40,41). The topological polar surface area (TPSA) is 92.8 Å². The molecule has 0 radical (unpaired) electrons. The number of benzene rings is 4. The van der Waals surface area contributed by atoms with Crippen LogP contribution in [0.3, 0.4) is 0 Å². The lowest BCUT2D eigenvalue weighted by atomic mass is 10.0. The second-order valence-corrected chi connectivity index (χ2v) is 10.2. The van der Waals surface area contributed by atoms with Gasteiger partial charge in [0.15, 0.2) is 11.5 Å². The molecule has 0 aliphatic carbocycles. The molecule has 2 N–H and O–H groups in total. The minimum Gasteiger partial charge on any atom is -0.490 e. The maximum atomic E-state index is 13.8. The van der Waals surface area contributed by atoms with Crippen LogP contribution in [0.25, 0.3) is 22.0 Å². The zero-order valence-electron chi connectivity index (χ0n) is 22.8. The molecule has 7 nitrogen and oxygen atoms in total. The van der Waals surface area contributed by atoms with E-state index in [1.807, 2.05) is 0 Å². The first-order chi connectivity index (χ1) is 21.1. The van der Waals surface area contributed by atoms with Crippen LogP contribution in [0, 0.1) is 0 Å². The molecule has 1 heterocycles. The fraction of sp³-hybridized carbons (Fsp3) is 0.0938. The van der Waals surface area contributed by atoms with E-state index in [9.17, 15) is 22.8 Å². The molecule has 0 saturated carbocycles. The Hall–Kier alpha value is -4.80. The van der Waals surface area contributed by atoms with Crippen LogP contribution >= 0.6 is 23.2 Å². The summed E-state index contributed by atoms with van der Waals surface area (Å²) < 4.78 is 52.4. The number of hydrazone groups is 1. The highest BCUT2D eigenvalue weighted by Gasteiger charge is 2.34. The van der Waals surface area contributed by atoms with Gasteiger partial charge in [-0.05, 0) is 60.5 Å². The summed E-state index contributed by atoms with van der Waals surface area (Å²) in [4.78, 5) is 28.6. The van der Waals surface area contributed by atoms with E-state index in [1.165, 1.54) is 42.6 Å². The number of rotatable bonds is 8. The Morgan fingerprint density at radius 2 is 1.73 bits per heavy atom. The number of aromatic amines is 1. The summed E-state index contributed by atoms with van der Waals surface area (Å²) in [5.41, 5.74) is 2.63. The van der Waals surface area contributed by atoms with Crippen molar-refractivity contribution in [3.63, 3.8) is 0 Å². The van der Waals surface area contributed by atoms with E-state index in [0.717, 1.165) is 6.07 Å². The largest absolute Gasteiger partial charge is 0.490 e. The highest BCUT2D eigenvalue weighted by molar-refractivity contribution is 6.36. The van der Waals surface area contributed by atoms with Gasteiger partial charge in [0.05, 0.1) is 34.5 Å². The third-order valence-electron chi connectivity index (χ3n) is 6.43. The summed E-state index contributed by atoms with van der Waals surface area (Å²) in [6, 6.07) is 21.4. The molecule has 44 heavy (non-hydrogen) atoms. The number of fused-ring (bicyclic) bond motifs is 1. The van der Waals surface area contributed by atoms with Gasteiger partial charge in [0.25, 0.3) is 5.91 Å². The lowest BCUT2D eigenvalue weighted by Gasteiger charge is -2.12. The number of amides is 1. The average molecular weight is 640 g/mol. The molecule has 12 heteroatoms. The number of para-hydroxylation sites is 1. The number of carbonyl (C=O) groups is 2. The Morgan fingerprint density at radius 3 is 2.43 bits per heavy atom. The van der Waals surface area contributed by atoms with E-state index in [-0.39, 0.29) is 45.3 Å². The summed E-state index contributed by atoms with van der Waals surface area (Å²) >= 11 is 12.0. The zero-order valence-corrected chi connectivity index (χ0v) is 24.3. The van der Waals surface area contributed by atoms with E-state index in [4.69, 9.17) is 32.7 Å². The Balaban J connectivity index is 1.40. The number of aromatic nitrogens is 1. The summed E-state index contributed by atoms with van der Waals surface area (Å²) in [5.74, 6) is -1.12. The number of halogens is 5. The molecule has 0 unspecified atom stereocenters. The smallest absolute Gasteiger partial charge is 0.418 e. The predicted octanol–water partition coefficient (Wildman–Crippen LogP) is 8.54. The van der Waals surface area contributed by atoms with Crippen molar-refractivity contribution in [2.24, 2.45) is 5.10 Å². The molecule has 0 atom stereocenters. The van der Waals surface area contributed by atoms with Crippen molar-refractivity contribution in [2.75, 3.05) is 6.61 Å². The average Bonchev–Trinajstić information content (AvgIpc) is 3.38. The highest BCUT2D eigenvalue weighted by atomic mass is 35.5. The highest BCUT2D eigenvalue weighted by Crippen LogP contribution is 2.39. The first kappa shape index (κ1) is 30.7. The third-order valence-corrected chi connectivity index (χ3v) is 6.98. The fourth-order valence-corrected chi connectivity index (χ4v) is 5.00. The van der Waals surface area contributed by atoms with Crippen molar-refractivity contribution >= 4 is 52.2 Å². The summed E-state index contributed by atoms with van der Waals surface area (Å²) in [6.45, 7) is 2.00. The lowest BCUT2D eigenvalue weighted by molar-refractivity contribution is -0.136. The van der Waals surface area contributed by atoms with Gasteiger partial charge in [-0.2, -0.15) is 18.3 Å². The van der Waals surface area contributed by atoms with Gasteiger partial charge in [0.2, 0.25) is 0 Å². The summed E-state index contributed by atoms with van der Waals surface area (Å²) in [5, 5.41) is 4.73. The third kappa shape index (κ3) is 6.56. The van der Waals surface area contributed by atoms with Crippen LogP contribution in [0.4, 0.5) is 13.2 Å². The minimum absolute atomic E-state index is 0.0850. The van der Waals surface area contributed by atoms with Gasteiger partial charge in [-0.1, -0.05) is 65.7 Å². The van der Waals surface area contributed by atoms with Gasteiger partial charge in [-0.3, -0.25) is 4.79 Å². The first-order valence-corrected chi connectivity index (χ1v) is 13.9. The summed E-state index contributed by atoms with van der Waals surface area (Å²) in [6.07, 6.45) is -3.32. The molecule has 0 spiro atoms. The fourth-order valence-electron chi connectivity index (χ4n) is 4.52. The number of H-pyrrole nitrogens is 1. The lowest BCUT2D eigenvalue weighted by Crippen LogP contribution is -2.19. The maximum absolute atomic E-state index is 13.8. The van der Waals surface area contributed by atoms with Crippen LogP contribution in [0.5, 0.6) is 11.5 Å². The van der Waals surface area contributed by atoms with E-state index in [1.54, 1.807) is 49.4 Å². The maximum Gasteiger partial charge on any atom is 0.418 e. The Kier molecular flexibility index (Phi) is 8.93. The van der Waals surface area contributed by atoms with Gasteiger partial charge in [-0.25, -0.2) is 10.2 Å². The normalized spacial score (nSPS) is 11.6. The van der Waals surface area contributed by atoms with E-state index in [0.29, 0.717) is 21.7 Å². The molecule has 5 rings (SSSR count). The van der Waals surface area contributed by atoms with Crippen molar-refractivity contribution in [2.45, 2.75) is 13.1 Å². The molecule has 0 aliphatic heterocycles. The van der Waals surface area contributed by atoms with E-state index >= 15 is 0 Å². The molecule has 0 bridgehead atoms. The predicted molar refractivity (Wildman–Crippen MR) is 163 cm³/mol. The van der Waals surface area contributed by atoms with Gasteiger partial charge >= 0.3 is 12.1 Å². The number of nitrogens with zero attached hydrogens (tertiary/aromatic N) is 1. The van der Waals surface area contributed by atoms with Gasteiger partial charge in [0.1, 0.15) is 5.69 Å². The Labute approximate surface area is 259 Å². The van der Waals surface area contributed by atoms with Crippen LogP contribution < -0.4 is 14.9 Å². The molecule has 1 aromatic heterocycles. The van der Waals surface area contributed by atoms with Crippen molar-refractivity contribution in [1.82, 2.24) is 10.4 Å². The Bertz CT molecular complexity index is 1890. The molecule has 5 aromatic rings. The van der Waals surface area contributed by atoms with Crippen molar-refractivity contribution in [3.05, 3.63) is 117 Å². The minimum atomic E-state index is -4.63. The number of nitrogens with one attached hydrogen (secondary N) is 2. The quantitative estimate of drug-likeness (QED) is 0.0770. The molecule has 1 amide bonds. The number of esters is 1. The SMILES string of the molecule is CCOc1cc(C=NNC(=O)c2[nH]c3c(C(F)(F)F)cccc3c2-c2ccccc2)ccc1OC(=O)c1ccc(Cl)cc1Cl. The van der Waals surface area contributed by atoms with Gasteiger partial charge < -0.3 is 14.5 Å². The van der Waals surface area contributed by atoms with Crippen LogP contribution in [0.2, 0.25) is 10.0 Å². The number of alkyl halides is 3. The monoisotopic (exact) mass is 639 g/mol. The van der Waals surface area contributed by atoms with Crippen LogP contribution in [-0.2, 0) is 6.18 Å². The number of hydrogen-bond acceptors (Lipinski definition) is 5. The van der Waals surface area contributed by atoms with Crippen LogP contribution in [0.1, 0.15) is 38.9 Å². The number of ether oxygens (including phenoxy) is 2. The van der Waals surface area contributed by atoms with E-state index < -0.39 is 23.6 Å².